The standard InChI is InChI=1S/C18H22N2O3S2/c1-19-25(22,23)14-8-9-15(17-7-6-12-24-17)16(13-14)18(21)20-10-4-2-3-5-11-20/h6-9,12-13,19H,2-5,10-11H2,1H3. The largest absolute Gasteiger partial charge is 0.339 e. The number of carbonyl (C=O) groups is 1. The van der Waals surface area contributed by atoms with Crippen LogP contribution in [0.1, 0.15) is 36.0 Å². The normalized spacial score (nSPS) is 15.8. The number of carbonyl (C=O) groups excluding carboxylic acids is 1. The first-order valence-corrected chi connectivity index (χ1v) is 10.8. The summed E-state index contributed by atoms with van der Waals surface area (Å²) in [6, 6.07) is 8.68. The van der Waals surface area contributed by atoms with Gasteiger partial charge in [0.1, 0.15) is 0 Å². The second kappa shape index (κ2) is 7.68. The van der Waals surface area contributed by atoms with Gasteiger partial charge < -0.3 is 4.90 Å². The average Bonchev–Trinajstić information content (AvgIpc) is 3.02. The van der Waals surface area contributed by atoms with Gasteiger partial charge in [-0.2, -0.15) is 0 Å². The Labute approximate surface area is 152 Å². The second-order valence-corrected chi connectivity index (χ2v) is 8.93. The lowest BCUT2D eigenvalue weighted by Gasteiger charge is -2.22. The second-order valence-electron chi connectivity index (χ2n) is 6.10. The zero-order chi connectivity index (χ0) is 17.9. The highest BCUT2D eigenvalue weighted by molar-refractivity contribution is 7.89. The van der Waals surface area contributed by atoms with Crippen molar-refractivity contribution in [3.63, 3.8) is 0 Å². The van der Waals surface area contributed by atoms with Crippen LogP contribution >= 0.6 is 11.3 Å². The van der Waals surface area contributed by atoms with Crippen LogP contribution in [0.4, 0.5) is 0 Å². The minimum atomic E-state index is -3.60. The highest BCUT2D eigenvalue weighted by atomic mass is 32.2. The van der Waals surface area contributed by atoms with Crippen molar-refractivity contribution in [2.75, 3.05) is 20.1 Å². The van der Waals surface area contributed by atoms with Crippen LogP contribution in [0.15, 0.2) is 40.6 Å². The summed E-state index contributed by atoms with van der Waals surface area (Å²) in [5.41, 5.74) is 1.25. The van der Waals surface area contributed by atoms with Crippen LogP contribution in [0.3, 0.4) is 0 Å². The molecular formula is C18H22N2O3S2. The van der Waals surface area contributed by atoms with E-state index < -0.39 is 10.0 Å². The van der Waals surface area contributed by atoms with Crippen LogP contribution < -0.4 is 4.72 Å². The van der Waals surface area contributed by atoms with Crippen LogP contribution in [-0.2, 0) is 10.0 Å². The number of benzene rings is 1. The molecule has 2 heterocycles. The van der Waals surface area contributed by atoms with E-state index in [9.17, 15) is 13.2 Å². The Morgan fingerprint density at radius 1 is 1.12 bits per heavy atom. The number of hydrogen-bond donors (Lipinski definition) is 1. The van der Waals surface area contributed by atoms with E-state index in [0.717, 1.165) is 49.2 Å². The average molecular weight is 379 g/mol. The Bertz CT molecular complexity index is 837. The SMILES string of the molecule is CNS(=O)(=O)c1ccc(-c2cccs2)c(C(=O)N2CCCCCC2)c1. The number of thiophene rings is 1. The van der Waals surface area contributed by atoms with Crippen molar-refractivity contribution in [1.82, 2.24) is 9.62 Å². The smallest absolute Gasteiger partial charge is 0.254 e. The van der Waals surface area contributed by atoms with Crippen molar-refractivity contribution in [2.24, 2.45) is 0 Å². The Morgan fingerprint density at radius 3 is 2.44 bits per heavy atom. The van der Waals surface area contributed by atoms with E-state index in [-0.39, 0.29) is 10.8 Å². The van der Waals surface area contributed by atoms with Crippen molar-refractivity contribution in [2.45, 2.75) is 30.6 Å². The van der Waals surface area contributed by atoms with E-state index in [2.05, 4.69) is 4.72 Å². The highest BCUT2D eigenvalue weighted by Crippen LogP contribution is 2.31. The predicted octanol–water partition coefficient (Wildman–Crippen LogP) is 3.34. The molecule has 1 aliphatic rings. The van der Waals surface area contributed by atoms with Crippen LogP contribution in [0, 0.1) is 0 Å². The number of rotatable bonds is 4. The molecular weight excluding hydrogens is 356 g/mol. The molecule has 2 aromatic rings. The van der Waals surface area contributed by atoms with Gasteiger partial charge in [0.25, 0.3) is 5.91 Å². The van der Waals surface area contributed by atoms with Gasteiger partial charge in [0, 0.05) is 29.1 Å². The lowest BCUT2D eigenvalue weighted by molar-refractivity contribution is 0.0762. The maximum absolute atomic E-state index is 13.2. The molecule has 0 aliphatic carbocycles. The molecule has 1 amide bonds. The van der Waals surface area contributed by atoms with Gasteiger partial charge >= 0.3 is 0 Å². The quantitative estimate of drug-likeness (QED) is 0.887. The number of hydrogen-bond acceptors (Lipinski definition) is 4. The fraction of sp³-hybridized carbons (Fsp3) is 0.389. The van der Waals surface area contributed by atoms with Crippen LogP contribution in [0.5, 0.6) is 0 Å². The van der Waals surface area contributed by atoms with E-state index in [1.165, 1.54) is 13.1 Å². The first-order chi connectivity index (χ1) is 12.0. The van der Waals surface area contributed by atoms with E-state index >= 15 is 0 Å². The first kappa shape index (κ1) is 18.1. The topological polar surface area (TPSA) is 66.5 Å². The molecule has 1 N–H and O–H groups in total. The maximum atomic E-state index is 13.2. The summed E-state index contributed by atoms with van der Waals surface area (Å²) in [5, 5.41) is 1.95. The molecule has 3 rings (SSSR count). The minimum Gasteiger partial charge on any atom is -0.339 e. The molecule has 0 unspecified atom stereocenters. The van der Waals surface area contributed by atoms with Crippen LogP contribution in [0.25, 0.3) is 10.4 Å². The third-order valence-electron chi connectivity index (χ3n) is 4.48. The van der Waals surface area contributed by atoms with Crippen molar-refractivity contribution >= 4 is 27.3 Å². The summed E-state index contributed by atoms with van der Waals surface area (Å²) in [4.78, 5) is 16.1. The van der Waals surface area contributed by atoms with Crippen molar-refractivity contribution in [3.8, 4) is 10.4 Å². The number of sulfonamides is 1. The molecule has 5 nitrogen and oxygen atoms in total. The van der Waals surface area contributed by atoms with Gasteiger partial charge in [0.2, 0.25) is 10.0 Å². The minimum absolute atomic E-state index is 0.0848. The van der Waals surface area contributed by atoms with Gasteiger partial charge in [-0.1, -0.05) is 25.0 Å². The highest BCUT2D eigenvalue weighted by Gasteiger charge is 2.23. The molecule has 0 radical (unpaired) electrons. The van der Waals surface area contributed by atoms with Gasteiger partial charge in [0.05, 0.1) is 4.90 Å². The molecule has 1 aromatic carbocycles. The molecule has 0 saturated carbocycles. The van der Waals surface area contributed by atoms with E-state index in [1.807, 2.05) is 22.4 Å². The fourth-order valence-corrected chi connectivity index (χ4v) is 4.60. The Hall–Kier alpha value is -1.70. The van der Waals surface area contributed by atoms with Gasteiger partial charge in [0.15, 0.2) is 0 Å². The predicted molar refractivity (Wildman–Crippen MR) is 100 cm³/mol. The summed E-state index contributed by atoms with van der Waals surface area (Å²) >= 11 is 1.54. The van der Waals surface area contributed by atoms with Gasteiger partial charge in [-0.15, -0.1) is 11.3 Å². The summed E-state index contributed by atoms with van der Waals surface area (Å²) in [6.45, 7) is 1.46. The molecule has 0 spiro atoms. The van der Waals surface area contributed by atoms with E-state index in [0.29, 0.717) is 5.56 Å². The number of nitrogens with one attached hydrogen (secondary N) is 1. The lowest BCUT2D eigenvalue weighted by Crippen LogP contribution is -2.32. The maximum Gasteiger partial charge on any atom is 0.254 e. The first-order valence-electron chi connectivity index (χ1n) is 8.43. The van der Waals surface area contributed by atoms with Gasteiger partial charge in [-0.25, -0.2) is 13.1 Å². The molecule has 1 fully saturated rings. The Morgan fingerprint density at radius 2 is 1.84 bits per heavy atom. The molecule has 0 atom stereocenters. The Kier molecular flexibility index (Phi) is 5.56. The Balaban J connectivity index is 2.07. The summed E-state index contributed by atoms with van der Waals surface area (Å²) in [5.74, 6) is -0.0848. The van der Waals surface area contributed by atoms with E-state index in [1.54, 1.807) is 23.5 Å². The molecule has 7 heteroatoms. The zero-order valence-electron chi connectivity index (χ0n) is 14.2. The van der Waals surface area contributed by atoms with Crippen molar-refractivity contribution in [1.29, 1.82) is 0 Å². The number of likely N-dealkylation sites (tertiary alicyclic amines) is 1. The number of nitrogens with zero attached hydrogens (tertiary/aromatic N) is 1. The van der Waals surface area contributed by atoms with E-state index in [4.69, 9.17) is 0 Å². The fourth-order valence-electron chi connectivity index (χ4n) is 3.08. The summed E-state index contributed by atoms with van der Waals surface area (Å²) in [6.07, 6.45) is 4.26. The van der Waals surface area contributed by atoms with Gasteiger partial charge in [-0.05, 0) is 43.5 Å². The van der Waals surface area contributed by atoms with Crippen LogP contribution in [0.2, 0.25) is 0 Å². The zero-order valence-corrected chi connectivity index (χ0v) is 15.8. The third kappa shape index (κ3) is 3.94. The van der Waals surface area contributed by atoms with Gasteiger partial charge in [-0.3, -0.25) is 4.79 Å². The molecule has 1 aromatic heterocycles. The third-order valence-corrected chi connectivity index (χ3v) is 6.80. The molecule has 1 saturated heterocycles. The number of amides is 1. The monoisotopic (exact) mass is 378 g/mol. The molecule has 1 aliphatic heterocycles. The lowest BCUT2D eigenvalue weighted by atomic mass is 10.0. The molecule has 25 heavy (non-hydrogen) atoms. The van der Waals surface area contributed by atoms with Crippen LogP contribution in [-0.4, -0.2) is 39.4 Å². The summed E-state index contributed by atoms with van der Waals surface area (Å²) < 4.78 is 26.7. The van der Waals surface area contributed by atoms with Crippen molar-refractivity contribution < 1.29 is 13.2 Å². The molecule has 0 bridgehead atoms. The molecule has 134 valence electrons. The van der Waals surface area contributed by atoms with Crippen molar-refractivity contribution in [3.05, 3.63) is 41.3 Å². The summed E-state index contributed by atoms with van der Waals surface area (Å²) in [7, 11) is -2.22.